The first-order chi connectivity index (χ1) is 8.85. The van der Waals surface area contributed by atoms with Gasteiger partial charge in [-0.1, -0.05) is 18.5 Å². The van der Waals surface area contributed by atoms with Crippen molar-refractivity contribution in [3.8, 4) is 5.75 Å². The van der Waals surface area contributed by atoms with Crippen molar-refractivity contribution in [3.63, 3.8) is 0 Å². The summed E-state index contributed by atoms with van der Waals surface area (Å²) in [6, 6.07) is 1.30. The van der Waals surface area contributed by atoms with Crippen LogP contribution >= 0.6 is 11.6 Å². The normalized spacial score (nSPS) is 25.6. The third-order valence-corrected chi connectivity index (χ3v) is 4.84. The summed E-state index contributed by atoms with van der Waals surface area (Å²) in [5, 5.41) is 9.70. The van der Waals surface area contributed by atoms with Crippen LogP contribution in [0.2, 0.25) is 5.02 Å². The Morgan fingerprint density at radius 3 is 2.84 bits per heavy atom. The van der Waals surface area contributed by atoms with E-state index >= 15 is 0 Å². The van der Waals surface area contributed by atoms with Gasteiger partial charge in [0.2, 0.25) is 0 Å². The molecule has 0 aliphatic heterocycles. The molecule has 2 aliphatic carbocycles. The van der Waals surface area contributed by atoms with Gasteiger partial charge in [-0.25, -0.2) is 4.39 Å². The molecule has 1 N–H and O–H groups in total. The van der Waals surface area contributed by atoms with E-state index in [2.05, 4.69) is 6.92 Å². The van der Waals surface area contributed by atoms with Crippen LogP contribution in [0.4, 0.5) is 4.39 Å². The quantitative estimate of drug-likeness (QED) is 0.783. The molecule has 19 heavy (non-hydrogen) atoms. The molecule has 0 fully saturated rings. The number of phenolic OH excluding ortho intramolecular Hbond substituents is 1. The lowest BCUT2D eigenvalue weighted by molar-refractivity contribution is -0.116. The summed E-state index contributed by atoms with van der Waals surface area (Å²) in [5.74, 6) is -1.11. The van der Waals surface area contributed by atoms with Crippen molar-refractivity contribution in [3.05, 3.63) is 33.6 Å². The van der Waals surface area contributed by atoms with E-state index in [-0.39, 0.29) is 16.2 Å². The standard InChI is InChI=1S/C15H14ClFO2/c1-7-11(18)3-4-15(2)6-9-8(12(7)15)5-10(17)14(19)13(9)16/h5,19H,3-4,6H2,1-2H3. The Kier molecular flexibility index (Phi) is 2.55. The molecule has 1 aromatic rings. The Bertz CT molecular complexity index is 648. The topological polar surface area (TPSA) is 37.3 Å². The molecule has 1 atom stereocenters. The lowest BCUT2D eigenvalue weighted by atomic mass is 9.71. The zero-order valence-electron chi connectivity index (χ0n) is 10.8. The van der Waals surface area contributed by atoms with E-state index in [4.69, 9.17) is 11.6 Å². The van der Waals surface area contributed by atoms with Gasteiger partial charge in [-0.05, 0) is 53.5 Å². The molecule has 0 saturated carbocycles. The maximum Gasteiger partial charge on any atom is 0.170 e. The van der Waals surface area contributed by atoms with Gasteiger partial charge in [0.25, 0.3) is 0 Å². The second-order valence-electron chi connectivity index (χ2n) is 5.71. The maximum absolute atomic E-state index is 13.7. The van der Waals surface area contributed by atoms with Gasteiger partial charge < -0.3 is 5.11 Å². The number of Topliss-reactive ketones (excluding diaryl/α,β-unsaturated/α-hetero) is 1. The van der Waals surface area contributed by atoms with Gasteiger partial charge in [0.15, 0.2) is 17.3 Å². The van der Waals surface area contributed by atoms with Crippen molar-refractivity contribution in [2.75, 3.05) is 0 Å². The van der Waals surface area contributed by atoms with Crippen LogP contribution in [0.15, 0.2) is 11.6 Å². The van der Waals surface area contributed by atoms with Gasteiger partial charge in [0.05, 0.1) is 5.02 Å². The Balaban J connectivity index is 2.34. The fourth-order valence-corrected chi connectivity index (χ4v) is 3.69. The highest BCUT2D eigenvalue weighted by Crippen LogP contribution is 2.56. The summed E-state index contributed by atoms with van der Waals surface area (Å²) in [7, 11) is 0. The molecule has 0 bridgehead atoms. The Hall–Kier alpha value is -1.35. The summed E-state index contributed by atoms with van der Waals surface area (Å²) >= 11 is 6.06. The number of phenols is 1. The minimum atomic E-state index is -0.730. The van der Waals surface area contributed by atoms with Gasteiger partial charge >= 0.3 is 0 Å². The molecule has 0 spiro atoms. The van der Waals surface area contributed by atoms with Crippen molar-refractivity contribution in [2.24, 2.45) is 5.41 Å². The molecular formula is C15H14ClFO2. The van der Waals surface area contributed by atoms with Crippen LogP contribution in [0.5, 0.6) is 5.75 Å². The van der Waals surface area contributed by atoms with Crippen molar-refractivity contribution in [1.82, 2.24) is 0 Å². The number of allylic oxidation sites excluding steroid dienone is 2. The van der Waals surface area contributed by atoms with Crippen molar-refractivity contribution in [2.45, 2.75) is 33.1 Å². The number of hydrogen-bond donors (Lipinski definition) is 1. The second-order valence-corrected chi connectivity index (χ2v) is 6.09. The minimum absolute atomic E-state index is 0.0818. The molecule has 0 radical (unpaired) electrons. The predicted octanol–water partition coefficient (Wildman–Crippen LogP) is 3.88. The Labute approximate surface area is 115 Å². The van der Waals surface area contributed by atoms with Gasteiger partial charge in [-0.15, -0.1) is 0 Å². The summed E-state index contributed by atoms with van der Waals surface area (Å²) in [6.07, 6.45) is 1.91. The monoisotopic (exact) mass is 280 g/mol. The maximum atomic E-state index is 13.7. The van der Waals surface area contributed by atoms with Crippen LogP contribution in [0.25, 0.3) is 5.57 Å². The molecule has 0 heterocycles. The van der Waals surface area contributed by atoms with Crippen LogP contribution in [0, 0.1) is 11.2 Å². The van der Waals surface area contributed by atoms with E-state index in [0.717, 1.165) is 17.6 Å². The van der Waals surface area contributed by atoms with Crippen molar-refractivity contribution < 1.29 is 14.3 Å². The van der Waals surface area contributed by atoms with Crippen LogP contribution in [-0.4, -0.2) is 10.9 Å². The fraction of sp³-hybridized carbons (Fsp3) is 0.400. The van der Waals surface area contributed by atoms with E-state index < -0.39 is 11.6 Å². The third kappa shape index (κ3) is 1.57. The number of carbonyl (C=O) groups is 1. The lowest BCUT2D eigenvalue weighted by Crippen LogP contribution is -2.24. The fourth-order valence-electron chi connectivity index (χ4n) is 3.43. The number of aromatic hydroxyl groups is 1. The predicted molar refractivity (Wildman–Crippen MR) is 71.7 cm³/mol. The summed E-state index contributed by atoms with van der Waals surface area (Å²) in [4.78, 5) is 11.9. The average Bonchev–Trinajstić information content (AvgIpc) is 2.66. The molecule has 2 aliphatic rings. The number of halogens is 2. The number of ketones is 1. The minimum Gasteiger partial charge on any atom is -0.504 e. The van der Waals surface area contributed by atoms with Crippen molar-refractivity contribution in [1.29, 1.82) is 0 Å². The largest absolute Gasteiger partial charge is 0.504 e. The highest BCUT2D eigenvalue weighted by atomic mass is 35.5. The number of benzene rings is 1. The number of hydrogen-bond acceptors (Lipinski definition) is 2. The van der Waals surface area contributed by atoms with Gasteiger partial charge in [0.1, 0.15) is 0 Å². The first-order valence-electron chi connectivity index (χ1n) is 6.30. The smallest absolute Gasteiger partial charge is 0.170 e. The van der Waals surface area contributed by atoms with Gasteiger partial charge in [-0.3, -0.25) is 4.79 Å². The van der Waals surface area contributed by atoms with E-state index in [9.17, 15) is 14.3 Å². The molecule has 4 heteroatoms. The highest BCUT2D eigenvalue weighted by Gasteiger charge is 2.44. The molecule has 0 aromatic heterocycles. The third-order valence-electron chi connectivity index (χ3n) is 4.43. The molecule has 0 amide bonds. The SMILES string of the molecule is CC1=C2c3cc(F)c(O)c(Cl)c3CC2(C)CCC1=O. The molecule has 1 aromatic carbocycles. The number of rotatable bonds is 0. The number of fused-ring (bicyclic) bond motifs is 3. The number of carbonyl (C=O) groups excluding carboxylic acids is 1. The highest BCUT2D eigenvalue weighted by molar-refractivity contribution is 6.33. The van der Waals surface area contributed by atoms with Crippen LogP contribution in [0.1, 0.15) is 37.8 Å². The molecule has 2 nitrogen and oxygen atoms in total. The Morgan fingerprint density at radius 2 is 2.16 bits per heavy atom. The van der Waals surface area contributed by atoms with Crippen molar-refractivity contribution >= 4 is 23.0 Å². The van der Waals surface area contributed by atoms with Crippen LogP contribution in [-0.2, 0) is 11.2 Å². The summed E-state index contributed by atoms with van der Waals surface area (Å²) < 4.78 is 13.7. The zero-order chi connectivity index (χ0) is 13.9. The molecule has 1 unspecified atom stereocenters. The molecule has 100 valence electrons. The lowest BCUT2D eigenvalue weighted by Gasteiger charge is -2.31. The Morgan fingerprint density at radius 1 is 1.47 bits per heavy atom. The first-order valence-corrected chi connectivity index (χ1v) is 6.68. The molecular weight excluding hydrogens is 267 g/mol. The zero-order valence-corrected chi connectivity index (χ0v) is 11.6. The summed E-state index contributed by atoms with van der Waals surface area (Å²) in [6.45, 7) is 3.87. The van der Waals surface area contributed by atoms with E-state index in [1.807, 2.05) is 0 Å². The van der Waals surface area contributed by atoms with E-state index in [0.29, 0.717) is 24.0 Å². The molecule has 3 rings (SSSR count). The van der Waals surface area contributed by atoms with Crippen LogP contribution < -0.4 is 0 Å². The van der Waals surface area contributed by atoms with E-state index in [1.54, 1.807) is 6.92 Å². The van der Waals surface area contributed by atoms with Gasteiger partial charge in [-0.2, -0.15) is 0 Å². The van der Waals surface area contributed by atoms with Gasteiger partial charge in [0, 0.05) is 6.42 Å². The van der Waals surface area contributed by atoms with Crippen LogP contribution in [0.3, 0.4) is 0 Å². The summed E-state index contributed by atoms with van der Waals surface area (Å²) in [5.41, 5.74) is 2.87. The second kappa shape index (κ2) is 3.83. The molecule has 0 saturated heterocycles. The van der Waals surface area contributed by atoms with E-state index in [1.165, 1.54) is 6.07 Å². The first kappa shape index (κ1) is 12.7. The average molecular weight is 281 g/mol.